The Bertz CT molecular complexity index is 347. The molecule has 0 spiro atoms. The minimum absolute atomic E-state index is 0.0529. The van der Waals surface area contributed by atoms with Gasteiger partial charge in [0.05, 0.1) is 16.3 Å². The summed E-state index contributed by atoms with van der Waals surface area (Å²) in [6, 6.07) is 0. The summed E-state index contributed by atoms with van der Waals surface area (Å²) >= 11 is 4.81. The van der Waals surface area contributed by atoms with Crippen molar-refractivity contribution in [3.63, 3.8) is 0 Å². The van der Waals surface area contributed by atoms with Gasteiger partial charge in [0.2, 0.25) is 5.91 Å². The molecule has 0 aliphatic carbocycles. The van der Waals surface area contributed by atoms with E-state index in [1.807, 2.05) is 0 Å². The van der Waals surface area contributed by atoms with E-state index < -0.39 is 17.5 Å². The molecule has 1 aliphatic rings. The van der Waals surface area contributed by atoms with Crippen LogP contribution in [0.15, 0.2) is 0 Å². The van der Waals surface area contributed by atoms with Crippen molar-refractivity contribution < 1.29 is 18.0 Å². The second-order valence-corrected chi connectivity index (χ2v) is 5.54. The zero-order valence-corrected chi connectivity index (χ0v) is 11.2. The fourth-order valence-corrected chi connectivity index (χ4v) is 2.00. The maximum Gasteiger partial charge on any atom is 0.391 e. The van der Waals surface area contributed by atoms with Gasteiger partial charge in [-0.2, -0.15) is 13.2 Å². The number of hydrogen-bond acceptors (Lipinski definition) is 2. The topological polar surface area (TPSA) is 46.3 Å². The van der Waals surface area contributed by atoms with E-state index in [1.54, 1.807) is 13.8 Å². The van der Waals surface area contributed by atoms with Gasteiger partial charge in [-0.05, 0) is 26.7 Å². The minimum Gasteiger partial charge on any atom is -0.392 e. The number of halogens is 3. The quantitative estimate of drug-likeness (QED) is 0.789. The largest absolute Gasteiger partial charge is 0.392 e. The smallest absolute Gasteiger partial charge is 0.391 e. The van der Waals surface area contributed by atoms with Gasteiger partial charge in [0, 0.05) is 13.1 Å². The molecular weight excluding hydrogens is 265 g/mol. The van der Waals surface area contributed by atoms with E-state index in [9.17, 15) is 18.0 Å². The summed E-state index contributed by atoms with van der Waals surface area (Å²) in [6.45, 7) is 3.39. The molecule has 18 heavy (non-hydrogen) atoms. The molecule has 1 amide bonds. The van der Waals surface area contributed by atoms with Crippen LogP contribution >= 0.6 is 12.2 Å². The molecule has 1 aliphatic heterocycles. The summed E-state index contributed by atoms with van der Waals surface area (Å²) in [5.41, 5.74) is 4.48. The number of rotatable bonds is 2. The van der Waals surface area contributed by atoms with Gasteiger partial charge >= 0.3 is 6.18 Å². The van der Waals surface area contributed by atoms with Gasteiger partial charge in [-0.1, -0.05) is 12.2 Å². The third-order valence-electron chi connectivity index (χ3n) is 3.40. The van der Waals surface area contributed by atoms with E-state index in [0.29, 0.717) is 0 Å². The molecular formula is C11H17F3N2OS. The number of likely N-dealkylation sites (tertiary alicyclic amines) is 1. The summed E-state index contributed by atoms with van der Waals surface area (Å²) in [7, 11) is 0. The van der Waals surface area contributed by atoms with Crippen LogP contribution in [0.5, 0.6) is 0 Å². The van der Waals surface area contributed by atoms with Crippen LogP contribution in [-0.4, -0.2) is 35.1 Å². The molecule has 0 radical (unpaired) electrons. The Kier molecular flexibility index (Phi) is 4.25. The normalized spacial score (nSPS) is 18.8. The average Bonchev–Trinajstić information content (AvgIpc) is 2.26. The van der Waals surface area contributed by atoms with Gasteiger partial charge in [-0.3, -0.25) is 4.79 Å². The molecule has 3 nitrogen and oxygen atoms in total. The number of alkyl halides is 3. The second-order valence-electron chi connectivity index (χ2n) is 5.10. The highest BCUT2D eigenvalue weighted by Gasteiger charge is 2.43. The standard InChI is InChI=1S/C11H17F3N2OS/c1-10(2,8(15)18)9(17)16-5-3-7(4-6-16)11(12,13)14/h7H,3-6H2,1-2H3,(H2,15,18). The Morgan fingerprint density at radius 2 is 1.72 bits per heavy atom. The first-order chi connectivity index (χ1) is 8.06. The third kappa shape index (κ3) is 3.13. The van der Waals surface area contributed by atoms with Gasteiger partial charge in [-0.25, -0.2) is 0 Å². The van der Waals surface area contributed by atoms with Gasteiger partial charge < -0.3 is 10.6 Å². The predicted octanol–water partition coefficient (Wildman–Crippen LogP) is 2.10. The SMILES string of the molecule is CC(C)(C(=O)N1CCC(C(F)(F)F)CC1)C(N)=S. The van der Waals surface area contributed by atoms with Crippen LogP contribution in [0.1, 0.15) is 26.7 Å². The first-order valence-corrected chi connectivity index (χ1v) is 6.13. The Morgan fingerprint density at radius 1 is 1.28 bits per heavy atom. The fraction of sp³-hybridized carbons (Fsp3) is 0.818. The molecule has 0 saturated carbocycles. The lowest BCUT2D eigenvalue weighted by Crippen LogP contribution is -2.50. The Balaban J connectivity index is 2.64. The summed E-state index contributed by atoms with van der Waals surface area (Å²) in [5.74, 6) is -1.61. The zero-order chi connectivity index (χ0) is 14.1. The lowest BCUT2D eigenvalue weighted by atomic mass is 9.89. The van der Waals surface area contributed by atoms with Crippen molar-refractivity contribution in [2.45, 2.75) is 32.9 Å². The van der Waals surface area contributed by atoms with E-state index >= 15 is 0 Å². The van der Waals surface area contributed by atoms with Crippen LogP contribution in [-0.2, 0) is 4.79 Å². The van der Waals surface area contributed by atoms with Crippen LogP contribution in [0.2, 0.25) is 0 Å². The van der Waals surface area contributed by atoms with Gasteiger partial charge in [0.15, 0.2) is 0 Å². The van der Waals surface area contributed by atoms with Crippen LogP contribution in [0, 0.1) is 11.3 Å². The molecule has 0 bridgehead atoms. The summed E-state index contributed by atoms with van der Waals surface area (Å²) in [4.78, 5) is 13.6. The second kappa shape index (κ2) is 5.03. The molecule has 0 aromatic rings. The number of thiocarbonyl (C=S) groups is 1. The van der Waals surface area contributed by atoms with E-state index in [-0.39, 0.29) is 36.8 Å². The zero-order valence-electron chi connectivity index (χ0n) is 10.4. The van der Waals surface area contributed by atoms with Crippen molar-refractivity contribution in [2.75, 3.05) is 13.1 Å². The lowest BCUT2D eigenvalue weighted by molar-refractivity contribution is -0.187. The molecule has 1 heterocycles. The molecule has 0 atom stereocenters. The molecule has 0 unspecified atom stereocenters. The van der Waals surface area contributed by atoms with Crippen LogP contribution in [0.25, 0.3) is 0 Å². The van der Waals surface area contributed by atoms with E-state index in [1.165, 1.54) is 4.90 Å². The van der Waals surface area contributed by atoms with Gasteiger partial charge in [-0.15, -0.1) is 0 Å². The number of carbonyl (C=O) groups is 1. The van der Waals surface area contributed by atoms with Crippen molar-refractivity contribution in [1.29, 1.82) is 0 Å². The predicted molar refractivity (Wildman–Crippen MR) is 65.9 cm³/mol. The Labute approximate surface area is 109 Å². The number of amides is 1. The van der Waals surface area contributed by atoms with Crippen LogP contribution in [0.4, 0.5) is 13.2 Å². The number of hydrogen-bond donors (Lipinski definition) is 1. The molecule has 1 fully saturated rings. The number of piperidine rings is 1. The summed E-state index contributed by atoms with van der Waals surface area (Å²) in [5, 5.41) is 0. The maximum atomic E-state index is 12.5. The third-order valence-corrected chi connectivity index (χ3v) is 3.91. The van der Waals surface area contributed by atoms with E-state index in [0.717, 1.165) is 0 Å². The van der Waals surface area contributed by atoms with Crippen molar-refractivity contribution in [2.24, 2.45) is 17.1 Å². The highest BCUT2D eigenvalue weighted by molar-refractivity contribution is 7.80. The first-order valence-electron chi connectivity index (χ1n) is 5.73. The summed E-state index contributed by atoms with van der Waals surface area (Å²) in [6.07, 6.45) is -4.28. The number of nitrogens with two attached hydrogens (primary N) is 1. The Morgan fingerprint density at radius 3 is 2.06 bits per heavy atom. The highest BCUT2D eigenvalue weighted by atomic mass is 32.1. The first kappa shape index (κ1) is 15.2. The monoisotopic (exact) mass is 282 g/mol. The number of carbonyl (C=O) groups excluding carboxylic acids is 1. The summed E-state index contributed by atoms with van der Waals surface area (Å²) < 4.78 is 37.5. The molecule has 2 N–H and O–H groups in total. The minimum atomic E-state index is -4.17. The molecule has 0 aromatic carbocycles. The van der Waals surface area contributed by atoms with Crippen LogP contribution < -0.4 is 5.73 Å². The Hall–Kier alpha value is -0.850. The molecule has 7 heteroatoms. The van der Waals surface area contributed by atoms with E-state index in [4.69, 9.17) is 18.0 Å². The van der Waals surface area contributed by atoms with Crippen molar-refractivity contribution >= 4 is 23.1 Å². The number of nitrogens with zero attached hydrogens (tertiary/aromatic N) is 1. The van der Waals surface area contributed by atoms with Gasteiger partial charge in [0.1, 0.15) is 0 Å². The van der Waals surface area contributed by atoms with Crippen molar-refractivity contribution in [3.8, 4) is 0 Å². The van der Waals surface area contributed by atoms with E-state index in [2.05, 4.69) is 0 Å². The lowest BCUT2D eigenvalue weighted by Gasteiger charge is -2.37. The fourth-order valence-electron chi connectivity index (χ4n) is 1.91. The maximum absolute atomic E-state index is 12.5. The van der Waals surface area contributed by atoms with Gasteiger partial charge in [0.25, 0.3) is 0 Å². The van der Waals surface area contributed by atoms with Crippen LogP contribution in [0.3, 0.4) is 0 Å². The highest BCUT2D eigenvalue weighted by Crippen LogP contribution is 2.35. The molecule has 1 rings (SSSR count). The molecule has 1 saturated heterocycles. The molecule has 0 aromatic heterocycles. The molecule has 104 valence electrons. The average molecular weight is 282 g/mol. The van der Waals surface area contributed by atoms with Crippen molar-refractivity contribution in [3.05, 3.63) is 0 Å². The van der Waals surface area contributed by atoms with Crippen molar-refractivity contribution in [1.82, 2.24) is 4.90 Å².